The van der Waals surface area contributed by atoms with Crippen LogP contribution in [0.5, 0.6) is 0 Å². The van der Waals surface area contributed by atoms with Gasteiger partial charge < -0.3 is 15.5 Å². The van der Waals surface area contributed by atoms with Crippen LogP contribution in [0.1, 0.15) is 47.0 Å². The Morgan fingerprint density at radius 3 is 2.45 bits per heavy atom. The quantitative estimate of drug-likeness (QED) is 0.530. The summed E-state index contributed by atoms with van der Waals surface area (Å²) < 4.78 is 0. The Kier molecular flexibility index (Phi) is 8.67. The van der Waals surface area contributed by atoms with E-state index in [1.807, 2.05) is 0 Å². The van der Waals surface area contributed by atoms with Crippen LogP contribution in [-0.2, 0) is 0 Å². The predicted molar refractivity (Wildman–Crippen MR) is 88.3 cm³/mol. The molecule has 1 aliphatic rings. The van der Waals surface area contributed by atoms with E-state index >= 15 is 0 Å². The van der Waals surface area contributed by atoms with Crippen LogP contribution in [0.3, 0.4) is 0 Å². The summed E-state index contributed by atoms with van der Waals surface area (Å²) in [5.41, 5.74) is 0. The summed E-state index contributed by atoms with van der Waals surface area (Å²) in [6.07, 6.45) is 3.93. The highest BCUT2D eigenvalue weighted by Gasteiger charge is 2.14. The van der Waals surface area contributed by atoms with Crippen LogP contribution in [0.2, 0.25) is 0 Å². The number of likely N-dealkylation sites (tertiary alicyclic amines) is 1. The average molecular weight is 282 g/mol. The lowest BCUT2D eigenvalue weighted by Gasteiger charge is -2.19. The zero-order chi connectivity index (χ0) is 14.8. The maximum absolute atomic E-state index is 4.72. The van der Waals surface area contributed by atoms with Gasteiger partial charge in [-0.1, -0.05) is 20.8 Å². The van der Waals surface area contributed by atoms with Gasteiger partial charge in [0.1, 0.15) is 0 Å². The number of nitrogens with one attached hydrogen (secondary N) is 2. The summed E-state index contributed by atoms with van der Waals surface area (Å²) in [7, 11) is 0. The predicted octanol–water partition coefficient (Wildman–Crippen LogP) is 2.32. The van der Waals surface area contributed by atoms with Gasteiger partial charge >= 0.3 is 0 Å². The Morgan fingerprint density at radius 2 is 1.85 bits per heavy atom. The van der Waals surface area contributed by atoms with Gasteiger partial charge in [0.2, 0.25) is 0 Å². The van der Waals surface area contributed by atoms with Gasteiger partial charge in [0.05, 0.1) is 0 Å². The topological polar surface area (TPSA) is 39.7 Å². The van der Waals surface area contributed by atoms with Gasteiger partial charge in [-0.05, 0) is 51.1 Å². The molecular formula is C16H34N4. The van der Waals surface area contributed by atoms with Crippen molar-refractivity contribution in [3.05, 3.63) is 0 Å². The molecule has 4 heteroatoms. The minimum Gasteiger partial charge on any atom is -0.357 e. The Balaban J connectivity index is 2.28. The van der Waals surface area contributed by atoms with E-state index in [1.165, 1.54) is 38.9 Å². The second kappa shape index (κ2) is 10.0. The summed E-state index contributed by atoms with van der Waals surface area (Å²) in [5, 5.41) is 6.76. The fourth-order valence-corrected chi connectivity index (χ4v) is 2.53. The largest absolute Gasteiger partial charge is 0.357 e. The molecule has 1 aliphatic heterocycles. The van der Waals surface area contributed by atoms with Crippen molar-refractivity contribution in [2.75, 3.05) is 39.3 Å². The lowest BCUT2D eigenvalue weighted by molar-refractivity contribution is 0.291. The molecule has 0 aromatic rings. The molecule has 0 aromatic heterocycles. The van der Waals surface area contributed by atoms with Crippen LogP contribution in [-0.4, -0.2) is 50.1 Å². The van der Waals surface area contributed by atoms with Gasteiger partial charge in [-0.25, -0.2) is 0 Å². The Bertz CT molecular complexity index is 270. The van der Waals surface area contributed by atoms with E-state index in [0.29, 0.717) is 5.92 Å². The molecule has 0 saturated carbocycles. The monoisotopic (exact) mass is 282 g/mol. The fraction of sp³-hybridized carbons (Fsp3) is 0.938. The third kappa shape index (κ3) is 7.73. The number of guanidine groups is 1. The summed E-state index contributed by atoms with van der Waals surface area (Å²) >= 11 is 0. The van der Waals surface area contributed by atoms with Gasteiger partial charge in [-0.3, -0.25) is 4.99 Å². The molecule has 0 radical (unpaired) electrons. The molecule has 118 valence electrons. The zero-order valence-corrected chi connectivity index (χ0v) is 13.9. The van der Waals surface area contributed by atoms with E-state index in [9.17, 15) is 0 Å². The van der Waals surface area contributed by atoms with Crippen molar-refractivity contribution in [1.82, 2.24) is 15.5 Å². The third-order valence-electron chi connectivity index (χ3n) is 3.69. The van der Waals surface area contributed by atoms with Crippen molar-refractivity contribution < 1.29 is 0 Å². The van der Waals surface area contributed by atoms with E-state index in [2.05, 4.69) is 43.2 Å². The molecule has 2 N–H and O–H groups in total. The third-order valence-corrected chi connectivity index (χ3v) is 3.69. The van der Waals surface area contributed by atoms with E-state index in [4.69, 9.17) is 4.99 Å². The first-order valence-corrected chi connectivity index (χ1v) is 8.36. The van der Waals surface area contributed by atoms with Crippen LogP contribution in [0.4, 0.5) is 0 Å². The molecular weight excluding hydrogens is 248 g/mol. The van der Waals surface area contributed by atoms with E-state index in [0.717, 1.165) is 31.5 Å². The normalized spacial score (nSPS) is 18.6. The molecule has 0 spiro atoms. The molecule has 0 aromatic carbocycles. The van der Waals surface area contributed by atoms with Crippen molar-refractivity contribution in [3.8, 4) is 0 Å². The van der Waals surface area contributed by atoms with E-state index < -0.39 is 0 Å². The molecule has 1 heterocycles. The molecule has 1 rings (SSSR count). The minimum atomic E-state index is 0.633. The van der Waals surface area contributed by atoms with E-state index in [1.54, 1.807) is 0 Å². The van der Waals surface area contributed by atoms with Crippen molar-refractivity contribution in [2.45, 2.75) is 47.0 Å². The number of aliphatic imine (C=N–C) groups is 1. The molecule has 0 bridgehead atoms. The number of rotatable bonds is 8. The first-order chi connectivity index (χ1) is 9.61. The Morgan fingerprint density at radius 1 is 1.15 bits per heavy atom. The van der Waals surface area contributed by atoms with Crippen LogP contribution in [0.15, 0.2) is 4.99 Å². The van der Waals surface area contributed by atoms with Crippen molar-refractivity contribution in [3.63, 3.8) is 0 Å². The highest BCUT2D eigenvalue weighted by molar-refractivity contribution is 5.79. The average Bonchev–Trinajstić information content (AvgIpc) is 2.88. The molecule has 20 heavy (non-hydrogen) atoms. The summed E-state index contributed by atoms with van der Waals surface area (Å²) in [5.74, 6) is 2.34. The van der Waals surface area contributed by atoms with Crippen molar-refractivity contribution >= 4 is 5.96 Å². The standard InChI is InChI=1S/C16H34N4/c1-5-17-16(18-9-8-14(2)3)19-12-15(4)13-20-10-6-7-11-20/h14-15H,5-13H2,1-4H3,(H2,17,18,19). The van der Waals surface area contributed by atoms with Gasteiger partial charge in [0, 0.05) is 26.2 Å². The second-order valence-corrected chi connectivity index (χ2v) is 6.44. The smallest absolute Gasteiger partial charge is 0.191 e. The van der Waals surface area contributed by atoms with Gasteiger partial charge in [-0.2, -0.15) is 0 Å². The highest BCUT2D eigenvalue weighted by atomic mass is 15.2. The first-order valence-electron chi connectivity index (χ1n) is 8.36. The van der Waals surface area contributed by atoms with Gasteiger partial charge in [0.15, 0.2) is 5.96 Å². The Hall–Kier alpha value is -0.770. The lowest BCUT2D eigenvalue weighted by atomic mass is 10.1. The molecule has 4 nitrogen and oxygen atoms in total. The number of hydrogen-bond donors (Lipinski definition) is 2. The summed E-state index contributed by atoms with van der Waals surface area (Å²) in [6, 6.07) is 0. The van der Waals surface area contributed by atoms with Gasteiger partial charge in [0.25, 0.3) is 0 Å². The minimum absolute atomic E-state index is 0.633. The summed E-state index contributed by atoms with van der Waals surface area (Å²) in [6.45, 7) is 15.5. The molecule has 1 unspecified atom stereocenters. The molecule has 1 fully saturated rings. The highest BCUT2D eigenvalue weighted by Crippen LogP contribution is 2.10. The molecule has 0 aliphatic carbocycles. The number of nitrogens with zero attached hydrogens (tertiary/aromatic N) is 2. The van der Waals surface area contributed by atoms with Crippen LogP contribution in [0.25, 0.3) is 0 Å². The van der Waals surface area contributed by atoms with Crippen molar-refractivity contribution in [2.24, 2.45) is 16.8 Å². The Labute approximate surface area is 125 Å². The fourth-order valence-electron chi connectivity index (χ4n) is 2.53. The lowest BCUT2D eigenvalue weighted by Crippen LogP contribution is -2.38. The van der Waals surface area contributed by atoms with E-state index in [-0.39, 0.29) is 0 Å². The van der Waals surface area contributed by atoms with Crippen molar-refractivity contribution in [1.29, 1.82) is 0 Å². The van der Waals surface area contributed by atoms with Crippen LogP contribution < -0.4 is 10.6 Å². The maximum atomic E-state index is 4.72. The zero-order valence-electron chi connectivity index (χ0n) is 13.9. The first kappa shape index (κ1) is 17.3. The second-order valence-electron chi connectivity index (χ2n) is 6.44. The SMILES string of the molecule is CCNC(=NCC(C)CN1CCCC1)NCCC(C)C. The van der Waals surface area contributed by atoms with Crippen LogP contribution >= 0.6 is 0 Å². The number of hydrogen-bond acceptors (Lipinski definition) is 2. The molecule has 1 atom stereocenters. The van der Waals surface area contributed by atoms with Gasteiger partial charge in [-0.15, -0.1) is 0 Å². The van der Waals surface area contributed by atoms with Crippen LogP contribution in [0, 0.1) is 11.8 Å². The maximum Gasteiger partial charge on any atom is 0.191 e. The summed E-state index contributed by atoms with van der Waals surface area (Å²) in [4.78, 5) is 7.29. The molecule has 1 saturated heterocycles. The molecule has 0 amide bonds.